The number of anilines is 5. The molecule has 2 aliphatic heterocycles. The monoisotopic (exact) mass is 800 g/mol. The summed E-state index contributed by atoms with van der Waals surface area (Å²) in [4.78, 5) is 2.59. The van der Waals surface area contributed by atoms with Crippen LogP contribution in [0.3, 0.4) is 0 Å². The zero-order valence-corrected chi connectivity index (χ0v) is 36.1. The molecular formula is C58H49BN2O. The van der Waals surface area contributed by atoms with Gasteiger partial charge < -0.3 is 14.6 Å². The molecule has 0 saturated heterocycles. The van der Waals surface area contributed by atoms with Crippen LogP contribution in [0.1, 0.15) is 79.5 Å². The van der Waals surface area contributed by atoms with Gasteiger partial charge in [-0.3, -0.25) is 0 Å². The van der Waals surface area contributed by atoms with Crippen molar-refractivity contribution in [1.82, 2.24) is 0 Å². The molecule has 0 amide bonds. The third-order valence-corrected chi connectivity index (χ3v) is 14.6. The van der Waals surface area contributed by atoms with Crippen LogP contribution >= 0.6 is 0 Å². The molecule has 62 heavy (non-hydrogen) atoms. The fraction of sp³-hybridized carbons (Fsp3) is 0.172. The third kappa shape index (κ3) is 5.32. The second kappa shape index (κ2) is 13.4. The lowest BCUT2D eigenvalue weighted by atomic mass is 9.54. The maximum Gasteiger partial charge on any atom is 0.198 e. The van der Waals surface area contributed by atoms with Gasteiger partial charge in [0.2, 0.25) is 0 Å². The number of para-hydroxylation sites is 3. The summed E-state index contributed by atoms with van der Waals surface area (Å²) in [6, 6.07) is 63.4. The third-order valence-electron chi connectivity index (χ3n) is 14.6. The molecule has 1 aromatic heterocycles. The molecule has 1 aliphatic carbocycles. The number of nitrogens with one attached hydrogen (secondary N) is 1. The van der Waals surface area contributed by atoms with Gasteiger partial charge in [-0.1, -0.05) is 161 Å². The van der Waals surface area contributed by atoms with Gasteiger partial charge in [0.15, 0.2) is 7.28 Å². The molecule has 0 unspecified atom stereocenters. The van der Waals surface area contributed by atoms with Crippen molar-refractivity contribution in [2.75, 3.05) is 10.2 Å². The zero-order valence-electron chi connectivity index (χ0n) is 36.1. The lowest BCUT2D eigenvalue weighted by Gasteiger charge is -2.49. The minimum Gasteiger partial charge on any atom is -0.456 e. The van der Waals surface area contributed by atoms with Crippen molar-refractivity contribution in [1.29, 1.82) is 0 Å². The molecule has 4 heteroatoms. The summed E-state index contributed by atoms with van der Waals surface area (Å²) in [7, 11) is 0.804. The number of rotatable bonds is 5. The van der Waals surface area contributed by atoms with Gasteiger partial charge in [0.1, 0.15) is 11.2 Å². The quantitative estimate of drug-likeness (QED) is 0.176. The predicted molar refractivity (Wildman–Crippen MR) is 262 cm³/mol. The summed E-state index contributed by atoms with van der Waals surface area (Å²) in [5, 5.41) is 6.26. The van der Waals surface area contributed by atoms with Crippen molar-refractivity contribution in [2.24, 2.45) is 0 Å². The van der Waals surface area contributed by atoms with E-state index in [-0.39, 0.29) is 10.8 Å². The first-order valence-corrected chi connectivity index (χ1v) is 22.3. The molecule has 3 aliphatic rings. The van der Waals surface area contributed by atoms with Crippen molar-refractivity contribution in [3.8, 4) is 11.1 Å². The van der Waals surface area contributed by atoms with Crippen LogP contribution in [0.2, 0.25) is 0 Å². The van der Waals surface area contributed by atoms with Crippen LogP contribution < -0.4 is 21.1 Å². The van der Waals surface area contributed by atoms with Crippen molar-refractivity contribution in [3.63, 3.8) is 0 Å². The highest BCUT2D eigenvalue weighted by atomic mass is 16.3. The van der Waals surface area contributed by atoms with Crippen LogP contribution in [0.25, 0.3) is 33.1 Å². The Bertz CT molecular complexity index is 3230. The molecule has 12 rings (SSSR count). The van der Waals surface area contributed by atoms with E-state index in [9.17, 15) is 0 Å². The van der Waals surface area contributed by atoms with Gasteiger partial charge in [0.25, 0.3) is 0 Å². The molecule has 1 N–H and O–H groups in total. The van der Waals surface area contributed by atoms with Crippen molar-refractivity contribution >= 4 is 68.6 Å². The minimum atomic E-state index is -0.506. The normalized spacial score (nSPS) is 16.2. The first kappa shape index (κ1) is 37.0. The number of nitrogens with zero attached hydrogens (tertiary/aromatic N) is 1. The van der Waals surface area contributed by atoms with Crippen molar-refractivity contribution in [3.05, 3.63) is 209 Å². The Morgan fingerprint density at radius 2 is 1.21 bits per heavy atom. The molecule has 8 aromatic carbocycles. The van der Waals surface area contributed by atoms with Crippen LogP contribution in [-0.2, 0) is 16.2 Å². The average molecular weight is 801 g/mol. The first-order chi connectivity index (χ1) is 30.1. The molecule has 0 spiro atoms. The molecule has 0 radical (unpaired) electrons. The second-order valence-corrected chi connectivity index (χ2v) is 19.3. The molecular weight excluding hydrogens is 751 g/mol. The number of furan rings is 1. The summed E-state index contributed by atoms with van der Waals surface area (Å²) in [5.41, 5.74) is 21.7. The van der Waals surface area contributed by atoms with Gasteiger partial charge in [-0.05, 0) is 117 Å². The van der Waals surface area contributed by atoms with Crippen LogP contribution in [0, 0.1) is 6.92 Å². The van der Waals surface area contributed by atoms with E-state index in [2.05, 4.69) is 215 Å². The summed E-state index contributed by atoms with van der Waals surface area (Å²) in [5.74, 6) is 0. The van der Waals surface area contributed by atoms with Gasteiger partial charge in [-0.15, -0.1) is 0 Å². The number of hydrogen-bond acceptors (Lipinski definition) is 3. The van der Waals surface area contributed by atoms with E-state index >= 15 is 0 Å². The van der Waals surface area contributed by atoms with E-state index < -0.39 is 5.41 Å². The Hall–Kier alpha value is -6.78. The maximum atomic E-state index is 6.59. The van der Waals surface area contributed by atoms with E-state index in [4.69, 9.17) is 4.42 Å². The fourth-order valence-electron chi connectivity index (χ4n) is 11.5. The average Bonchev–Trinajstić information content (AvgIpc) is 3.65. The molecule has 0 saturated carbocycles. The lowest BCUT2D eigenvalue weighted by molar-refractivity contribution is 0.332. The van der Waals surface area contributed by atoms with Crippen LogP contribution in [0.15, 0.2) is 174 Å². The standard InChI is InChI=1S/C58H49BN2O/c1-36-31-43(41-34-42-40-21-12-15-26-52(40)62-53(42)35-49(41)60-39-27-28-44-47(33-39)57(4,5)30-29-56(44,2)3)54-51(32-36)61-50-25-14-13-22-45(50)58(37-17-8-6-9-18-37,38-19-10-7-11-20-38)46-23-16-24-48(59-54)55(46)61/h6-28,31-35,59-60H,29-30H2,1-5H3. The van der Waals surface area contributed by atoms with Gasteiger partial charge >= 0.3 is 0 Å². The molecule has 3 nitrogen and oxygen atoms in total. The predicted octanol–water partition coefficient (Wildman–Crippen LogP) is 13.5. The van der Waals surface area contributed by atoms with Crippen LogP contribution in [-0.4, -0.2) is 7.28 Å². The smallest absolute Gasteiger partial charge is 0.198 e. The summed E-state index contributed by atoms with van der Waals surface area (Å²) < 4.78 is 6.59. The second-order valence-electron chi connectivity index (χ2n) is 19.3. The van der Waals surface area contributed by atoms with E-state index in [1.165, 1.54) is 90.9 Å². The Labute approximate surface area is 365 Å². The maximum absolute atomic E-state index is 6.59. The highest BCUT2D eigenvalue weighted by molar-refractivity contribution is 6.73. The van der Waals surface area contributed by atoms with E-state index in [0.29, 0.717) is 0 Å². The number of benzene rings is 8. The van der Waals surface area contributed by atoms with Crippen LogP contribution in [0.5, 0.6) is 0 Å². The van der Waals surface area contributed by atoms with E-state index in [1.807, 2.05) is 0 Å². The molecule has 0 bridgehead atoms. The Balaban J connectivity index is 1.10. The summed E-state index contributed by atoms with van der Waals surface area (Å²) in [6.45, 7) is 11.9. The first-order valence-electron chi connectivity index (χ1n) is 22.3. The van der Waals surface area contributed by atoms with Gasteiger partial charge in [0, 0.05) is 39.5 Å². The van der Waals surface area contributed by atoms with Gasteiger partial charge in [-0.25, -0.2) is 0 Å². The minimum absolute atomic E-state index is 0.0965. The fourth-order valence-corrected chi connectivity index (χ4v) is 11.5. The molecule has 0 fully saturated rings. The van der Waals surface area contributed by atoms with Gasteiger partial charge in [0.05, 0.1) is 16.8 Å². The number of hydrogen-bond donors (Lipinski definition) is 1. The number of fused-ring (bicyclic) bond motifs is 8. The Kier molecular flexibility index (Phi) is 7.98. The zero-order chi connectivity index (χ0) is 42.0. The Morgan fingerprint density at radius 1 is 0.532 bits per heavy atom. The molecule has 9 aromatic rings. The summed E-state index contributed by atoms with van der Waals surface area (Å²) >= 11 is 0. The largest absolute Gasteiger partial charge is 0.456 e. The number of aryl methyl sites for hydroxylation is 1. The molecule has 0 atom stereocenters. The Morgan fingerprint density at radius 3 is 1.98 bits per heavy atom. The lowest BCUT2D eigenvalue weighted by Crippen LogP contribution is -2.47. The highest BCUT2D eigenvalue weighted by Crippen LogP contribution is 2.58. The van der Waals surface area contributed by atoms with E-state index in [0.717, 1.165) is 40.6 Å². The van der Waals surface area contributed by atoms with E-state index in [1.54, 1.807) is 0 Å². The van der Waals surface area contributed by atoms with Crippen LogP contribution in [0.4, 0.5) is 28.4 Å². The SMILES string of the molecule is Cc1cc(-c2cc3c(cc2Nc2ccc4c(c2)C(C)(C)CCC4(C)C)oc2ccccc23)c2c(c1)N1c3ccccc3C(c3ccccc3)(c3ccccc3)c3cccc(c31)B2. The van der Waals surface area contributed by atoms with Crippen molar-refractivity contribution < 1.29 is 4.42 Å². The summed E-state index contributed by atoms with van der Waals surface area (Å²) in [6.07, 6.45) is 2.36. The molecule has 300 valence electrons. The van der Waals surface area contributed by atoms with Gasteiger partial charge in [-0.2, -0.15) is 0 Å². The highest BCUT2D eigenvalue weighted by Gasteiger charge is 2.48. The topological polar surface area (TPSA) is 28.4 Å². The van der Waals surface area contributed by atoms with Crippen molar-refractivity contribution in [2.45, 2.75) is 63.7 Å². The molecule has 3 heterocycles.